The first kappa shape index (κ1) is 15.4. The third-order valence-electron chi connectivity index (χ3n) is 3.48. The molecule has 0 spiro atoms. The van der Waals surface area contributed by atoms with Crippen LogP contribution in [0.2, 0.25) is 0 Å². The first-order valence-corrected chi connectivity index (χ1v) is 7.61. The van der Waals surface area contributed by atoms with Crippen LogP contribution in [0.15, 0.2) is 37.9 Å². The molecule has 3 rings (SSSR count). The number of imide groups is 1. The minimum absolute atomic E-state index is 0.135. The van der Waals surface area contributed by atoms with E-state index in [0.29, 0.717) is 11.0 Å². The van der Waals surface area contributed by atoms with Crippen LogP contribution in [0.4, 0.5) is 0 Å². The van der Waals surface area contributed by atoms with Gasteiger partial charge in [0.05, 0.1) is 0 Å². The van der Waals surface area contributed by atoms with Crippen molar-refractivity contribution in [3.05, 3.63) is 44.7 Å². The third kappa shape index (κ3) is 3.16. The zero-order chi connectivity index (χ0) is 16.6. The Morgan fingerprint density at radius 3 is 2.78 bits per heavy atom. The Balaban J connectivity index is 1.88. The summed E-state index contributed by atoms with van der Waals surface area (Å²) in [7, 11) is 0. The lowest BCUT2D eigenvalue weighted by atomic mass is 10.1. The quantitative estimate of drug-likeness (QED) is 0.600. The van der Waals surface area contributed by atoms with Crippen molar-refractivity contribution in [2.24, 2.45) is 0 Å². The van der Waals surface area contributed by atoms with E-state index in [1.54, 1.807) is 18.2 Å². The second kappa shape index (κ2) is 5.96. The summed E-state index contributed by atoms with van der Waals surface area (Å²) in [6, 6.07) is 5.60. The first-order chi connectivity index (χ1) is 10.9. The van der Waals surface area contributed by atoms with E-state index >= 15 is 0 Å². The fourth-order valence-corrected chi connectivity index (χ4v) is 2.70. The molecule has 2 heterocycles. The summed E-state index contributed by atoms with van der Waals surface area (Å²) >= 11 is 3.30. The normalized spacial score (nSPS) is 17.9. The Bertz CT molecular complexity index is 889. The molecule has 0 saturated carbocycles. The number of carbonyl (C=O) groups excluding carboxylic acids is 3. The molecular weight excluding hydrogens is 368 g/mol. The third-order valence-corrected chi connectivity index (χ3v) is 3.98. The van der Waals surface area contributed by atoms with E-state index in [2.05, 4.69) is 26.6 Å². The van der Waals surface area contributed by atoms with Gasteiger partial charge in [0.15, 0.2) is 0 Å². The van der Waals surface area contributed by atoms with Crippen molar-refractivity contribution in [1.29, 1.82) is 0 Å². The van der Waals surface area contributed by atoms with Crippen molar-refractivity contribution in [2.75, 3.05) is 0 Å². The van der Waals surface area contributed by atoms with Gasteiger partial charge in [-0.05, 0) is 30.7 Å². The van der Waals surface area contributed by atoms with Crippen LogP contribution in [0.5, 0.6) is 0 Å². The predicted octanol–water partition coefficient (Wildman–Crippen LogP) is 1.09. The SMILES string of the molecule is O=C1CCC(NC(=O)c2cc3cc(Br)ccc3oc2=O)C(=O)N1. The highest BCUT2D eigenvalue weighted by Gasteiger charge is 2.29. The highest BCUT2D eigenvalue weighted by Crippen LogP contribution is 2.19. The lowest BCUT2D eigenvalue weighted by Crippen LogP contribution is -2.52. The first-order valence-electron chi connectivity index (χ1n) is 6.82. The fraction of sp³-hybridized carbons (Fsp3) is 0.200. The summed E-state index contributed by atoms with van der Waals surface area (Å²) in [6.45, 7) is 0. The molecule has 1 aliphatic heterocycles. The average molecular weight is 379 g/mol. The molecule has 2 aromatic rings. The number of amides is 3. The second-order valence-electron chi connectivity index (χ2n) is 5.11. The smallest absolute Gasteiger partial charge is 0.349 e. The van der Waals surface area contributed by atoms with Crippen LogP contribution in [0, 0.1) is 0 Å². The summed E-state index contributed by atoms with van der Waals surface area (Å²) in [5, 5.41) is 5.16. The molecule has 1 unspecified atom stereocenters. The molecular formula is C15H11BrN2O5. The molecule has 1 aromatic heterocycles. The number of rotatable bonds is 2. The van der Waals surface area contributed by atoms with Gasteiger partial charge in [0, 0.05) is 16.3 Å². The summed E-state index contributed by atoms with van der Waals surface area (Å²) < 4.78 is 5.88. The number of fused-ring (bicyclic) bond motifs is 1. The topological polar surface area (TPSA) is 105 Å². The fourth-order valence-electron chi connectivity index (χ4n) is 2.32. The van der Waals surface area contributed by atoms with Crippen LogP contribution in [0.25, 0.3) is 11.0 Å². The van der Waals surface area contributed by atoms with Gasteiger partial charge in [-0.3, -0.25) is 19.7 Å². The van der Waals surface area contributed by atoms with Gasteiger partial charge in [-0.15, -0.1) is 0 Å². The van der Waals surface area contributed by atoms with Crippen LogP contribution in [0.1, 0.15) is 23.2 Å². The molecule has 0 radical (unpaired) electrons. The van der Waals surface area contributed by atoms with Gasteiger partial charge in [-0.1, -0.05) is 15.9 Å². The molecule has 0 bridgehead atoms. The van der Waals surface area contributed by atoms with Gasteiger partial charge >= 0.3 is 5.63 Å². The number of halogens is 1. The van der Waals surface area contributed by atoms with Crippen molar-refractivity contribution in [3.63, 3.8) is 0 Å². The molecule has 3 amide bonds. The van der Waals surface area contributed by atoms with Crippen LogP contribution >= 0.6 is 15.9 Å². The predicted molar refractivity (Wildman–Crippen MR) is 83.8 cm³/mol. The monoisotopic (exact) mass is 378 g/mol. The van der Waals surface area contributed by atoms with E-state index in [1.165, 1.54) is 6.07 Å². The molecule has 1 atom stereocenters. The number of nitrogens with one attached hydrogen (secondary N) is 2. The van der Waals surface area contributed by atoms with Crippen LogP contribution < -0.4 is 16.3 Å². The van der Waals surface area contributed by atoms with Crippen molar-refractivity contribution < 1.29 is 18.8 Å². The standard InChI is InChI=1S/C15H11BrN2O5/c16-8-1-3-11-7(5-8)6-9(15(22)23-11)13(20)17-10-2-4-12(19)18-14(10)21/h1,3,5-6,10H,2,4H2,(H,17,20)(H,18,19,21). The number of hydrogen-bond donors (Lipinski definition) is 2. The second-order valence-corrected chi connectivity index (χ2v) is 6.02. The van der Waals surface area contributed by atoms with Gasteiger partial charge in [0.1, 0.15) is 17.2 Å². The Morgan fingerprint density at radius 1 is 1.26 bits per heavy atom. The molecule has 2 N–H and O–H groups in total. The van der Waals surface area contributed by atoms with Crippen molar-refractivity contribution in [1.82, 2.24) is 10.6 Å². The van der Waals surface area contributed by atoms with Gasteiger partial charge in [-0.25, -0.2) is 4.79 Å². The van der Waals surface area contributed by atoms with E-state index in [1.807, 2.05) is 0 Å². The molecule has 23 heavy (non-hydrogen) atoms. The maximum Gasteiger partial charge on any atom is 0.349 e. The molecule has 1 aliphatic rings. The molecule has 7 nitrogen and oxygen atoms in total. The van der Waals surface area contributed by atoms with Crippen molar-refractivity contribution in [2.45, 2.75) is 18.9 Å². The van der Waals surface area contributed by atoms with E-state index in [-0.39, 0.29) is 24.3 Å². The highest BCUT2D eigenvalue weighted by molar-refractivity contribution is 9.10. The Labute approximate surface area is 138 Å². The van der Waals surface area contributed by atoms with E-state index in [9.17, 15) is 19.2 Å². The molecule has 1 fully saturated rings. The zero-order valence-corrected chi connectivity index (χ0v) is 13.3. The Kier molecular flexibility index (Phi) is 3.99. The molecule has 1 aromatic carbocycles. The summed E-state index contributed by atoms with van der Waals surface area (Å²) in [5.41, 5.74) is -0.624. The Morgan fingerprint density at radius 2 is 2.04 bits per heavy atom. The van der Waals surface area contributed by atoms with Crippen LogP contribution in [-0.2, 0) is 9.59 Å². The van der Waals surface area contributed by atoms with Gasteiger partial charge in [0.25, 0.3) is 5.91 Å². The number of benzene rings is 1. The summed E-state index contributed by atoms with van der Waals surface area (Å²) in [5.74, 6) is -1.67. The summed E-state index contributed by atoms with van der Waals surface area (Å²) in [6.07, 6.45) is 0.330. The Hall–Kier alpha value is -2.48. The van der Waals surface area contributed by atoms with Gasteiger partial charge in [-0.2, -0.15) is 0 Å². The highest BCUT2D eigenvalue weighted by atomic mass is 79.9. The number of piperidine rings is 1. The average Bonchev–Trinajstić information content (AvgIpc) is 2.49. The minimum atomic E-state index is -0.849. The van der Waals surface area contributed by atoms with E-state index in [4.69, 9.17) is 4.42 Å². The van der Waals surface area contributed by atoms with Gasteiger partial charge < -0.3 is 9.73 Å². The molecule has 1 saturated heterocycles. The van der Waals surface area contributed by atoms with E-state index < -0.39 is 23.5 Å². The summed E-state index contributed by atoms with van der Waals surface area (Å²) in [4.78, 5) is 46.9. The van der Waals surface area contributed by atoms with Crippen LogP contribution in [-0.4, -0.2) is 23.8 Å². The maximum absolute atomic E-state index is 12.2. The number of carbonyl (C=O) groups is 3. The minimum Gasteiger partial charge on any atom is -0.422 e. The van der Waals surface area contributed by atoms with Gasteiger partial charge in [0.2, 0.25) is 11.8 Å². The lowest BCUT2D eigenvalue weighted by molar-refractivity contribution is -0.134. The molecule has 0 aliphatic carbocycles. The maximum atomic E-state index is 12.2. The molecule has 118 valence electrons. The van der Waals surface area contributed by atoms with Crippen LogP contribution in [0.3, 0.4) is 0 Å². The largest absolute Gasteiger partial charge is 0.422 e. The zero-order valence-electron chi connectivity index (χ0n) is 11.7. The molecule has 8 heteroatoms. The number of hydrogen-bond acceptors (Lipinski definition) is 5. The lowest BCUT2D eigenvalue weighted by Gasteiger charge is -2.21. The van der Waals surface area contributed by atoms with Crippen molar-refractivity contribution >= 4 is 44.6 Å². The van der Waals surface area contributed by atoms with Crippen molar-refractivity contribution in [3.8, 4) is 0 Å². The van der Waals surface area contributed by atoms with E-state index in [0.717, 1.165) is 4.47 Å².